The third-order valence-electron chi connectivity index (χ3n) is 4.77. The van der Waals surface area contributed by atoms with Crippen molar-refractivity contribution in [2.24, 2.45) is 11.3 Å². The van der Waals surface area contributed by atoms with Gasteiger partial charge in [0.2, 0.25) is 0 Å². The van der Waals surface area contributed by atoms with E-state index >= 15 is 0 Å². The molecule has 0 spiro atoms. The van der Waals surface area contributed by atoms with Crippen molar-refractivity contribution in [3.63, 3.8) is 0 Å². The van der Waals surface area contributed by atoms with E-state index < -0.39 is 6.10 Å². The number of hydrogen-bond donors (Lipinski definition) is 1. The Morgan fingerprint density at radius 2 is 1.67 bits per heavy atom. The van der Waals surface area contributed by atoms with Crippen molar-refractivity contribution in [2.75, 3.05) is 21.3 Å². The van der Waals surface area contributed by atoms with Crippen LogP contribution >= 0.6 is 0 Å². The number of ether oxygens (including phenoxy) is 3. The second kappa shape index (κ2) is 6.14. The average Bonchev–Trinajstić information content (AvgIpc) is 2.84. The Kier molecular flexibility index (Phi) is 4.67. The molecule has 0 saturated heterocycles. The van der Waals surface area contributed by atoms with Crippen molar-refractivity contribution < 1.29 is 19.3 Å². The second-order valence-corrected chi connectivity index (χ2v) is 6.38. The van der Waals surface area contributed by atoms with Gasteiger partial charge in [0.15, 0.2) is 0 Å². The lowest BCUT2D eigenvalue weighted by molar-refractivity contribution is 0.0493. The van der Waals surface area contributed by atoms with Gasteiger partial charge in [-0.05, 0) is 24.2 Å². The minimum absolute atomic E-state index is 0.120. The lowest BCUT2D eigenvalue weighted by Crippen LogP contribution is -2.24. The number of aliphatic hydroxyl groups is 1. The fourth-order valence-electron chi connectivity index (χ4n) is 3.46. The molecule has 21 heavy (non-hydrogen) atoms. The summed E-state index contributed by atoms with van der Waals surface area (Å²) in [7, 11) is 4.80. The Bertz CT molecular complexity index is 471. The lowest BCUT2D eigenvalue weighted by Gasteiger charge is -2.32. The summed E-state index contributed by atoms with van der Waals surface area (Å²) in [6, 6.07) is 3.59. The fraction of sp³-hybridized carbons (Fsp3) is 0.647. The Balaban J connectivity index is 2.46. The van der Waals surface area contributed by atoms with Gasteiger partial charge < -0.3 is 19.3 Å². The first-order valence-electron chi connectivity index (χ1n) is 7.42. The molecule has 4 nitrogen and oxygen atoms in total. The number of aliphatic hydroxyl groups excluding tert-OH is 1. The first-order valence-corrected chi connectivity index (χ1v) is 7.42. The van der Waals surface area contributed by atoms with Gasteiger partial charge >= 0.3 is 0 Å². The molecule has 2 atom stereocenters. The van der Waals surface area contributed by atoms with E-state index in [-0.39, 0.29) is 11.3 Å². The summed E-state index contributed by atoms with van der Waals surface area (Å²) in [5.41, 5.74) is 0.843. The van der Waals surface area contributed by atoms with Gasteiger partial charge in [0.05, 0.1) is 33.0 Å². The summed E-state index contributed by atoms with van der Waals surface area (Å²) >= 11 is 0. The van der Waals surface area contributed by atoms with Crippen LogP contribution < -0.4 is 14.2 Å². The molecular weight excluding hydrogens is 268 g/mol. The molecule has 1 aromatic rings. The van der Waals surface area contributed by atoms with E-state index in [0.717, 1.165) is 24.8 Å². The van der Waals surface area contributed by atoms with Crippen LogP contribution in [0.5, 0.6) is 17.2 Å². The SMILES string of the molecule is COc1cc(OC)c(C(O)C2CCCC2(C)C)c(OC)c1. The largest absolute Gasteiger partial charge is 0.496 e. The summed E-state index contributed by atoms with van der Waals surface area (Å²) in [4.78, 5) is 0. The predicted molar refractivity (Wildman–Crippen MR) is 82.2 cm³/mol. The number of rotatable bonds is 5. The topological polar surface area (TPSA) is 47.9 Å². The minimum atomic E-state index is -0.599. The Hall–Kier alpha value is -1.42. The molecule has 0 heterocycles. The van der Waals surface area contributed by atoms with Crippen LogP contribution in [-0.4, -0.2) is 26.4 Å². The molecular formula is C17H26O4. The molecule has 2 unspecified atom stereocenters. The van der Waals surface area contributed by atoms with Crippen molar-refractivity contribution in [1.82, 2.24) is 0 Å². The first-order chi connectivity index (χ1) is 9.94. The van der Waals surface area contributed by atoms with E-state index in [1.54, 1.807) is 33.5 Å². The summed E-state index contributed by atoms with van der Waals surface area (Å²) in [5, 5.41) is 10.9. The third-order valence-corrected chi connectivity index (χ3v) is 4.77. The van der Waals surface area contributed by atoms with Crippen LogP contribution in [-0.2, 0) is 0 Å². The van der Waals surface area contributed by atoms with Crippen molar-refractivity contribution >= 4 is 0 Å². The van der Waals surface area contributed by atoms with E-state index in [1.807, 2.05) is 0 Å². The lowest BCUT2D eigenvalue weighted by atomic mass is 9.76. The molecule has 0 bridgehead atoms. The molecule has 2 rings (SSSR count). The van der Waals surface area contributed by atoms with Crippen molar-refractivity contribution in [1.29, 1.82) is 0 Å². The van der Waals surface area contributed by atoms with E-state index in [1.165, 1.54) is 0 Å². The fourth-order valence-corrected chi connectivity index (χ4v) is 3.46. The van der Waals surface area contributed by atoms with Crippen molar-refractivity contribution in [3.8, 4) is 17.2 Å². The van der Waals surface area contributed by atoms with Crippen LogP contribution in [0.25, 0.3) is 0 Å². The van der Waals surface area contributed by atoms with Gasteiger partial charge in [-0.15, -0.1) is 0 Å². The third kappa shape index (κ3) is 2.95. The molecule has 0 radical (unpaired) electrons. The van der Waals surface area contributed by atoms with E-state index in [4.69, 9.17) is 14.2 Å². The maximum Gasteiger partial charge on any atom is 0.132 e. The molecule has 1 aromatic carbocycles. The highest BCUT2D eigenvalue weighted by atomic mass is 16.5. The first kappa shape index (κ1) is 16.0. The van der Waals surface area contributed by atoms with Gasteiger partial charge in [-0.2, -0.15) is 0 Å². The monoisotopic (exact) mass is 294 g/mol. The normalized spacial score (nSPS) is 21.9. The zero-order chi connectivity index (χ0) is 15.6. The second-order valence-electron chi connectivity index (χ2n) is 6.38. The van der Waals surface area contributed by atoms with Gasteiger partial charge in [0.25, 0.3) is 0 Å². The highest BCUT2D eigenvalue weighted by molar-refractivity contribution is 5.52. The predicted octanol–water partition coefficient (Wildman–Crippen LogP) is 3.57. The van der Waals surface area contributed by atoms with Gasteiger partial charge in [0.1, 0.15) is 17.2 Å². The van der Waals surface area contributed by atoms with Gasteiger partial charge in [-0.1, -0.05) is 20.3 Å². The molecule has 1 fully saturated rings. The van der Waals surface area contributed by atoms with Crippen LogP contribution in [0.3, 0.4) is 0 Å². The van der Waals surface area contributed by atoms with Crippen LogP contribution in [0.4, 0.5) is 0 Å². The maximum absolute atomic E-state index is 10.9. The Morgan fingerprint density at radius 3 is 2.05 bits per heavy atom. The van der Waals surface area contributed by atoms with E-state index in [2.05, 4.69) is 13.8 Å². The molecule has 1 aliphatic carbocycles. The van der Waals surface area contributed by atoms with Crippen LogP contribution in [0, 0.1) is 11.3 Å². The summed E-state index contributed by atoms with van der Waals surface area (Å²) < 4.78 is 16.2. The number of hydrogen-bond acceptors (Lipinski definition) is 4. The molecule has 118 valence electrons. The highest BCUT2D eigenvalue weighted by Gasteiger charge is 2.41. The zero-order valence-electron chi connectivity index (χ0n) is 13.6. The minimum Gasteiger partial charge on any atom is -0.496 e. The molecule has 1 N–H and O–H groups in total. The zero-order valence-corrected chi connectivity index (χ0v) is 13.6. The average molecular weight is 294 g/mol. The molecule has 0 aliphatic heterocycles. The Morgan fingerprint density at radius 1 is 1.10 bits per heavy atom. The van der Waals surface area contributed by atoms with Gasteiger partial charge in [0, 0.05) is 12.1 Å². The summed E-state index contributed by atoms with van der Waals surface area (Å²) in [5.74, 6) is 2.09. The molecule has 0 aromatic heterocycles. The Labute approximate surface area is 127 Å². The smallest absolute Gasteiger partial charge is 0.132 e. The molecule has 4 heteroatoms. The van der Waals surface area contributed by atoms with Crippen LogP contribution in [0.15, 0.2) is 12.1 Å². The van der Waals surface area contributed by atoms with E-state index in [9.17, 15) is 5.11 Å². The van der Waals surface area contributed by atoms with Crippen LogP contribution in [0.1, 0.15) is 44.8 Å². The number of methoxy groups -OCH3 is 3. The molecule has 1 aliphatic rings. The molecule has 1 saturated carbocycles. The van der Waals surface area contributed by atoms with Gasteiger partial charge in [-0.25, -0.2) is 0 Å². The molecule has 0 amide bonds. The summed E-state index contributed by atoms with van der Waals surface area (Å²) in [6.07, 6.45) is 2.70. The highest BCUT2D eigenvalue weighted by Crippen LogP contribution is 2.52. The van der Waals surface area contributed by atoms with Gasteiger partial charge in [-0.3, -0.25) is 0 Å². The van der Waals surface area contributed by atoms with Crippen molar-refractivity contribution in [3.05, 3.63) is 17.7 Å². The maximum atomic E-state index is 10.9. The van der Waals surface area contributed by atoms with Crippen molar-refractivity contribution in [2.45, 2.75) is 39.2 Å². The quantitative estimate of drug-likeness (QED) is 0.902. The number of benzene rings is 1. The van der Waals surface area contributed by atoms with Crippen LogP contribution in [0.2, 0.25) is 0 Å². The standard InChI is InChI=1S/C17H26O4/c1-17(2)8-6-7-12(17)16(18)15-13(20-4)9-11(19-3)10-14(15)21-5/h9-10,12,16,18H,6-8H2,1-5H3. The van der Waals surface area contributed by atoms with E-state index in [0.29, 0.717) is 17.2 Å². The summed E-state index contributed by atoms with van der Waals surface area (Å²) in [6.45, 7) is 4.44.